The van der Waals surface area contributed by atoms with Crippen molar-refractivity contribution in [3.05, 3.63) is 12.2 Å². The van der Waals surface area contributed by atoms with Crippen molar-refractivity contribution in [2.45, 2.75) is 46.1 Å². The molecule has 0 saturated heterocycles. The Morgan fingerprint density at radius 3 is 2.24 bits per heavy atom. The lowest BCUT2D eigenvalue weighted by molar-refractivity contribution is -0.146. The van der Waals surface area contributed by atoms with E-state index in [1.807, 2.05) is 0 Å². The molecule has 2 amide bonds. The molecule has 0 aromatic rings. The molecule has 3 nitrogen and oxygen atoms in total. The van der Waals surface area contributed by atoms with Crippen molar-refractivity contribution in [1.82, 2.24) is 4.90 Å². The molecule has 17 heavy (non-hydrogen) atoms. The number of imide groups is 1. The molecule has 3 aliphatic rings. The summed E-state index contributed by atoms with van der Waals surface area (Å²) in [5.74, 6) is 0.405. The largest absolute Gasteiger partial charge is 0.271 e. The number of fused-ring (bicyclic) bond motifs is 2. The Balaban J connectivity index is 2.03. The van der Waals surface area contributed by atoms with E-state index in [1.54, 1.807) is 0 Å². The Hall–Kier alpha value is -1.12. The van der Waals surface area contributed by atoms with E-state index in [1.165, 1.54) is 23.5 Å². The first-order valence-electron chi connectivity index (χ1n) is 6.41. The summed E-state index contributed by atoms with van der Waals surface area (Å²) < 4.78 is 0. The maximum Gasteiger partial charge on any atom is 0.253 e. The van der Waals surface area contributed by atoms with Gasteiger partial charge in [0, 0.05) is 12.2 Å². The molecule has 3 heteroatoms. The summed E-state index contributed by atoms with van der Waals surface area (Å²) in [5.41, 5.74) is 0.190. The number of amides is 2. The van der Waals surface area contributed by atoms with E-state index in [0.29, 0.717) is 5.92 Å². The van der Waals surface area contributed by atoms with E-state index >= 15 is 0 Å². The molecule has 3 unspecified atom stereocenters. The second-order valence-corrected chi connectivity index (χ2v) is 6.70. The van der Waals surface area contributed by atoms with Gasteiger partial charge in [0.1, 0.15) is 0 Å². The zero-order chi connectivity index (χ0) is 12.4. The van der Waals surface area contributed by atoms with Gasteiger partial charge in [-0.1, -0.05) is 20.8 Å². The summed E-state index contributed by atoms with van der Waals surface area (Å²) in [6.45, 7) is 6.67. The second-order valence-electron chi connectivity index (χ2n) is 6.70. The summed E-state index contributed by atoms with van der Waals surface area (Å²) in [4.78, 5) is 25.3. The van der Waals surface area contributed by atoms with Gasteiger partial charge in [0.2, 0.25) is 0 Å². The van der Waals surface area contributed by atoms with E-state index in [9.17, 15) is 9.59 Å². The molecule has 3 atom stereocenters. The van der Waals surface area contributed by atoms with Crippen molar-refractivity contribution in [2.24, 2.45) is 16.7 Å². The van der Waals surface area contributed by atoms with Crippen LogP contribution in [0, 0.1) is 16.7 Å². The molecule has 0 radical (unpaired) electrons. The van der Waals surface area contributed by atoms with Crippen LogP contribution in [-0.2, 0) is 9.59 Å². The van der Waals surface area contributed by atoms with Crippen LogP contribution in [0.15, 0.2) is 12.2 Å². The zero-order valence-corrected chi connectivity index (χ0v) is 10.7. The standard InChI is InChI=1S/C14H19NO2/c1-13(2)9-6-7-14(3,8-9)12(13)15-10(16)4-5-11(15)17/h4-5,9,12H,6-8H2,1-3H3. The van der Waals surface area contributed by atoms with Gasteiger partial charge in [-0.3, -0.25) is 14.5 Å². The Labute approximate surface area is 102 Å². The Morgan fingerprint density at radius 1 is 1.18 bits per heavy atom. The first-order chi connectivity index (χ1) is 7.86. The number of nitrogens with zero attached hydrogens (tertiary/aromatic N) is 1. The summed E-state index contributed by atoms with van der Waals surface area (Å²) in [6, 6.07) is 0.0729. The van der Waals surface area contributed by atoms with Gasteiger partial charge < -0.3 is 0 Å². The fourth-order valence-corrected chi connectivity index (χ4v) is 4.59. The van der Waals surface area contributed by atoms with Gasteiger partial charge in [0.15, 0.2) is 0 Å². The first-order valence-corrected chi connectivity index (χ1v) is 6.41. The maximum absolute atomic E-state index is 11.9. The molecule has 2 fully saturated rings. The molecule has 0 spiro atoms. The third kappa shape index (κ3) is 1.23. The fraction of sp³-hybridized carbons (Fsp3) is 0.714. The number of carbonyl (C=O) groups excluding carboxylic acids is 2. The summed E-state index contributed by atoms with van der Waals surface area (Å²) in [6.07, 6.45) is 6.36. The van der Waals surface area contributed by atoms with Gasteiger partial charge in [0.05, 0.1) is 6.04 Å². The van der Waals surface area contributed by atoms with Crippen LogP contribution in [0.2, 0.25) is 0 Å². The van der Waals surface area contributed by atoms with Crippen molar-refractivity contribution >= 4 is 11.8 Å². The highest BCUT2D eigenvalue weighted by molar-refractivity contribution is 6.13. The molecule has 0 N–H and O–H groups in total. The predicted molar refractivity (Wildman–Crippen MR) is 64.0 cm³/mol. The summed E-state index contributed by atoms with van der Waals surface area (Å²) in [7, 11) is 0. The molecule has 1 aliphatic heterocycles. The van der Waals surface area contributed by atoms with Gasteiger partial charge in [-0.05, 0) is 36.0 Å². The van der Waals surface area contributed by atoms with Gasteiger partial charge in [-0.2, -0.15) is 0 Å². The Kier molecular flexibility index (Phi) is 1.94. The molecular formula is C14H19NO2. The molecule has 1 heterocycles. The average Bonchev–Trinajstić information content (AvgIpc) is 2.81. The van der Waals surface area contributed by atoms with E-state index in [-0.39, 0.29) is 28.7 Å². The zero-order valence-electron chi connectivity index (χ0n) is 10.7. The third-order valence-corrected chi connectivity index (χ3v) is 5.30. The number of carbonyl (C=O) groups is 2. The van der Waals surface area contributed by atoms with E-state index in [4.69, 9.17) is 0 Å². The predicted octanol–water partition coefficient (Wildman–Crippen LogP) is 2.13. The van der Waals surface area contributed by atoms with Gasteiger partial charge in [0.25, 0.3) is 11.8 Å². The van der Waals surface area contributed by atoms with Gasteiger partial charge in [-0.15, -0.1) is 0 Å². The highest BCUT2D eigenvalue weighted by atomic mass is 16.2. The number of hydrogen-bond donors (Lipinski definition) is 0. The highest BCUT2D eigenvalue weighted by Crippen LogP contribution is 2.64. The monoisotopic (exact) mass is 233 g/mol. The topological polar surface area (TPSA) is 37.4 Å². The third-order valence-electron chi connectivity index (χ3n) is 5.30. The Bertz CT molecular complexity index is 415. The lowest BCUT2D eigenvalue weighted by atomic mass is 9.67. The smallest absolute Gasteiger partial charge is 0.253 e. The molecule has 2 aliphatic carbocycles. The van der Waals surface area contributed by atoms with E-state index in [2.05, 4.69) is 20.8 Å². The van der Waals surface area contributed by atoms with Crippen LogP contribution < -0.4 is 0 Å². The fourth-order valence-electron chi connectivity index (χ4n) is 4.59. The minimum absolute atomic E-state index is 0.0599. The van der Waals surface area contributed by atoms with Crippen molar-refractivity contribution in [2.75, 3.05) is 0 Å². The first kappa shape index (κ1) is 11.0. The molecule has 0 aromatic carbocycles. The lowest BCUT2D eigenvalue weighted by Crippen LogP contribution is -2.54. The van der Waals surface area contributed by atoms with Gasteiger partial charge >= 0.3 is 0 Å². The van der Waals surface area contributed by atoms with E-state index in [0.717, 1.165) is 12.8 Å². The van der Waals surface area contributed by atoms with Crippen LogP contribution in [0.5, 0.6) is 0 Å². The quantitative estimate of drug-likeness (QED) is 0.651. The molecule has 92 valence electrons. The van der Waals surface area contributed by atoms with Crippen molar-refractivity contribution in [1.29, 1.82) is 0 Å². The molecule has 2 saturated carbocycles. The lowest BCUT2D eigenvalue weighted by Gasteiger charge is -2.46. The van der Waals surface area contributed by atoms with Crippen LogP contribution >= 0.6 is 0 Å². The van der Waals surface area contributed by atoms with Crippen molar-refractivity contribution in [3.63, 3.8) is 0 Å². The molecular weight excluding hydrogens is 214 g/mol. The normalized spacial score (nSPS) is 42.9. The van der Waals surface area contributed by atoms with Crippen LogP contribution in [0.3, 0.4) is 0 Å². The molecule has 0 aromatic heterocycles. The van der Waals surface area contributed by atoms with Crippen molar-refractivity contribution in [3.8, 4) is 0 Å². The van der Waals surface area contributed by atoms with Gasteiger partial charge in [-0.25, -0.2) is 0 Å². The summed E-state index contributed by atoms with van der Waals surface area (Å²) in [5, 5.41) is 0. The van der Waals surface area contributed by atoms with Crippen molar-refractivity contribution < 1.29 is 9.59 Å². The number of rotatable bonds is 1. The van der Waals surface area contributed by atoms with Crippen LogP contribution in [0.25, 0.3) is 0 Å². The molecule has 3 rings (SSSR count). The van der Waals surface area contributed by atoms with Crippen LogP contribution in [0.4, 0.5) is 0 Å². The minimum Gasteiger partial charge on any atom is -0.271 e. The van der Waals surface area contributed by atoms with E-state index < -0.39 is 0 Å². The summed E-state index contributed by atoms with van der Waals surface area (Å²) >= 11 is 0. The Morgan fingerprint density at radius 2 is 1.76 bits per heavy atom. The number of hydrogen-bond acceptors (Lipinski definition) is 2. The second kappa shape index (κ2) is 3.01. The highest BCUT2D eigenvalue weighted by Gasteiger charge is 2.63. The van der Waals surface area contributed by atoms with Crippen LogP contribution in [0.1, 0.15) is 40.0 Å². The maximum atomic E-state index is 11.9. The minimum atomic E-state index is -0.123. The molecule has 2 bridgehead atoms. The van der Waals surface area contributed by atoms with Crippen LogP contribution in [-0.4, -0.2) is 22.8 Å². The average molecular weight is 233 g/mol. The SMILES string of the molecule is CC12CCC(C1)C(C)(C)C2N1C(=O)C=CC1=O.